The Morgan fingerprint density at radius 3 is 1.78 bits per heavy atom. The number of hydrogen-bond acceptors (Lipinski definition) is 2. The molecule has 0 radical (unpaired) electrons. The summed E-state index contributed by atoms with van der Waals surface area (Å²) < 4.78 is 14.7. The van der Waals surface area contributed by atoms with E-state index in [4.69, 9.17) is 0 Å². The molecule has 1 aliphatic carbocycles. The van der Waals surface area contributed by atoms with Crippen LogP contribution in [0.2, 0.25) is 0 Å². The van der Waals surface area contributed by atoms with Crippen molar-refractivity contribution in [2.45, 2.75) is 42.2 Å². The molecule has 4 rings (SSSR count). The van der Waals surface area contributed by atoms with Crippen LogP contribution in [-0.2, 0) is 4.57 Å². The Kier molecular flexibility index (Phi) is 5.86. The fourth-order valence-corrected chi connectivity index (χ4v) is 8.42. The highest BCUT2D eigenvalue weighted by Crippen LogP contribution is 2.46. The average Bonchev–Trinajstić information content (AvgIpc) is 2.75. The lowest BCUT2D eigenvalue weighted by molar-refractivity contribution is 0.516. The quantitative estimate of drug-likeness (QED) is 0.514. The van der Waals surface area contributed by atoms with Crippen LogP contribution in [0.1, 0.15) is 32.1 Å². The van der Waals surface area contributed by atoms with Crippen LogP contribution in [0.25, 0.3) is 0 Å². The summed E-state index contributed by atoms with van der Waals surface area (Å²) in [5.41, 5.74) is 0. The zero-order chi connectivity index (χ0) is 18.5. The fourth-order valence-electron chi connectivity index (χ4n) is 3.88. The van der Waals surface area contributed by atoms with Gasteiger partial charge in [-0.05, 0) is 25.0 Å². The summed E-state index contributed by atoms with van der Waals surface area (Å²) in [5.74, 6) is 0. The van der Waals surface area contributed by atoms with E-state index in [-0.39, 0.29) is 0 Å². The lowest BCUT2D eigenvalue weighted by Gasteiger charge is -2.26. The molecule has 0 aliphatic heterocycles. The highest BCUT2D eigenvalue weighted by atomic mass is 32.2. The largest absolute Gasteiger partial charge is 0.309 e. The Hall–Kier alpha value is -1.76. The Labute approximate surface area is 166 Å². The van der Waals surface area contributed by atoms with E-state index in [0.29, 0.717) is 5.25 Å². The Balaban J connectivity index is 1.83. The van der Waals surface area contributed by atoms with Crippen molar-refractivity contribution in [2.75, 3.05) is 0 Å². The predicted octanol–water partition coefficient (Wildman–Crippen LogP) is 5.75. The van der Waals surface area contributed by atoms with Crippen molar-refractivity contribution in [1.82, 2.24) is 0 Å². The molecule has 0 bridgehead atoms. The summed E-state index contributed by atoms with van der Waals surface area (Å²) in [5, 5.41) is 3.44. The minimum Gasteiger partial charge on any atom is -0.309 e. The van der Waals surface area contributed by atoms with Gasteiger partial charge in [0.1, 0.15) is 0 Å². The first-order valence-corrected chi connectivity index (χ1v) is 12.3. The monoisotopic (exact) mass is 392 g/mol. The van der Waals surface area contributed by atoms with E-state index in [1.54, 1.807) is 0 Å². The van der Waals surface area contributed by atoms with Gasteiger partial charge in [-0.15, -0.1) is 11.8 Å². The number of thioether (sulfide) groups is 1. The van der Waals surface area contributed by atoms with Crippen molar-refractivity contribution in [3.8, 4) is 0 Å². The molecule has 0 unspecified atom stereocenters. The van der Waals surface area contributed by atoms with Crippen LogP contribution >= 0.6 is 18.9 Å². The maximum absolute atomic E-state index is 14.7. The smallest absolute Gasteiger partial charge is 0.172 e. The first kappa shape index (κ1) is 18.6. The lowest BCUT2D eigenvalue weighted by Crippen LogP contribution is -2.26. The molecule has 0 saturated heterocycles. The second kappa shape index (κ2) is 8.50. The van der Waals surface area contributed by atoms with Crippen molar-refractivity contribution in [3.63, 3.8) is 0 Å². The number of benzene rings is 3. The summed E-state index contributed by atoms with van der Waals surface area (Å²) in [4.78, 5) is 1.18. The molecule has 1 nitrogen and oxygen atoms in total. The molecule has 138 valence electrons. The Morgan fingerprint density at radius 1 is 0.667 bits per heavy atom. The maximum atomic E-state index is 14.7. The third-order valence-corrected chi connectivity index (χ3v) is 9.98. The molecule has 27 heavy (non-hydrogen) atoms. The van der Waals surface area contributed by atoms with E-state index in [0.717, 1.165) is 15.9 Å². The summed E-state index contributed by atoms with van der Waals surface area (Å²) in [6.07, 6.45) is 6.51. The Morgan fingerprint density at radius 2 is 1.19 bits per heavy atom. The third kappa shape index (κ3) is 3.93. The summed E-state index contributed by atoms with van der Waals surface area (Å²) in [6, 6.07) is 28.3. The van der Waals surface area contributed by atoms with Crippen LogP contribution < -0.4 is 15.9 Å². The molecule has 1 fully saturated rings. The van der Waals surface area contributed by atoms with Gasteiger partial charge in [0, 0.05) is 26.1 Å². The topological polar surface area (TPSA) is 17.1 Å². The Bertz CT molecular complexity index is 874. The van der Waals surface area contributed by atoms with Gasteiger partial charge in [0.05, 0.1) is 0 Å². The molecule has 0 N–H and O–H groups in total. The van der Waals surface area contributed by atoms with E-state index in [1.807, 2.05) is 78.5 Å². The second-order valence-corrected chi connectivity index (χ2v) is 11.2. The van der Waals surface area contributed by atoms with E-state index >= 15 is 0 Å². The highest BCUT2D eigenvalue weighted by Gasteiger charge is 2.32. The van der Waals surface area contributed by atoms with E-state index < -0.39 is 7.14 Å². The molecular weight excluding hydrogens is 367 g/mol. The van der Waals surface area contributed by atoms with Crippen molar-refractivity contribution >= 4 is 34.8 Å². The highest BCUT2D eigenvalue weighted by molar-refractivity contribution is 8.01. The van der Waals surface area contributed by atoms with Gasteiger partial charge < -0.3 is 4.57 Å². The van der Waals surface area contributed by atoms with E-state index in [1.165, 1.54) is 37.0 Å². The van der Waals surface area contributed by atoms with Crippen molar-refractivity contribution in [2.24, 2.45) is 0 Å². The molecule has 0 heterocycles. The van der Waals surface area contributed by atoms with Gasteiger partial charge in [0.25, 0.3) is 0 Å². The van der Waals surface area contributed by atoms with Crippen molar-refractivity contribution in [1.29, 1.82) is 0 Å². The first-order valence-electron chi connectivity index (χ1n) is 9.76. The molecule has 1 saturated carbocycles. The molecule has 3 heteroatoms. The van der Waals surface area contributed by atoms with E-state index in [9.17, 15) is 4.57 Å². The van der Waals surface area contributed by atoms with Crippen LogP contribution in [0.5, 0.6) is 0 Å². The molecule has 0 amide bonds. The normalized spacial score (nSPS) is 15.6. The van der Waals surface area contributed by atoms with Crippen LogP contribution in [0.15, 0.2) is 89.8 Å². The predicted molar refractivity (Wildman–Crippen MR) is 119 cm³/mol. The summed E-state index contributed by atoms with van der Waals surface area (Å²) in [6.45, 7) is 0. The lowest BCUT2D eigenvalue weighted by atomic mass is 10.0. The average molecular weight is 393 g/mol. The van der Waals surface area contributed by atoms with Crippen LogP contribution in [0, 0.1) is 0 Å². The van der Waals surface area contributed by atoms with Crippen molar-refractivity contribution < 1.29 is 4.57 Å². The zero-order valence-electron chi connectivity index (χ0n) is 15.5. The first-order chi connectivity index (χ1) is 13.3. The van der Waals surface area contributed by atoms with Crippen LogP contribution in [0.3, 0.4) is 0 Å². The van der Waals surface area contributed by atoms with Crippen LogP contribution in [0.4, 0.5) is 0 Å². The fraction of sp³-hybridized carbons (Fsp3) is 0.250. The molecule has 0 atom stereocenters. The molecule has 3 aromatic rings. The molecule has 0 aromatic heterocycles. The van der Waals surface area contributed by atoms with Gasteiger partial charge in [0.15, 0.2) is 7.14 Å². The minimum absolute atomic E-state index is 0.639. The van der Waals surface area contributed by atoms with Gasteiger partial charge in [0.2, 0.25) is 0 Å². The summed E-state index contributed by atoms with van der Waals surface area (Å²) >= 11 is 1.94. The number of rotatable bonds is 5. The van der Waals surface area contributed by atoms with Gasteiger partial charge in [-0.25, -0.2) is 0 Å². The SMILES string of the molecule is O=P(c1ccccc1)(c1ccccc1)c1ccccc1SC1CCCCC1. The van der Waals surface area contributed by atoms with Crippen LogP contribution in [-0.4, -0.2) is 5.25 Å². The van der Waals surface area contributed by atoms with Gasteiger partial charge in [-0.1, -0.05) is 92.1 Å². The standard InChI is InChI=1S/C24H25OPS/c25-26(20-12-4-1-5-13-20,21-14-6-2-7-15-21)23-18-10-11-19-24(23)27-22-16-8-3-9-17-22/h1-2,4-7,10-15,18-19,22H,3,8-9,16-17H2. The van der Waals surface area contributed by atoms with Gasteiger partial charge in [-0.2, -0.15) is 0 Å². The molecule has 3 aromatic carbocycles. The minimum atomic E-state index is -2.90. The summed E-state index contributed by atoms with van der Waals surface area (Å²) in [7, 11) is -2.90. The van der Waals surface area contributed by atoms with Gasteiger partial charge in [-0.3, -0.25) is 0 Å². The number of hydrogen-bond donors (Lipinski definition) is 0. The molecule has 1 aliphatic rings. The third-order valence-electron chi connectivity index (χ3n) is 5.29. The second-order valence-electron chi connectivity index (χ2n) is 7.13. The maximum Gasteiger partial charge on any atom is 0.172 e. The molecular formula is C24H25OPS. The molecule has 0 spiro atoms. The van der Waals surface area contributed by atoms with Crippen molar-refractivity contribution in [3.05, 3.63) is 84.9 Å². The zero-order valence-corrected chi connectivity index (χ0v) is 17.2. The van der Waals surface area contributed by atoms with Gasteiger partial charge >= 0.3 is 0 Å². The van der Waals surface area contributed by atoms with E-state index in [2.05, 4.69) is 18.2 Å².